The number of thioether (sulfide) groups is 1. The molecule has 0 aliphatic heterocycles. The highest BCUT2D eigenvalue weighted by atomic mass is 32.2. The largest absolute Gasteiger partial charge is 0.312 e. The third-order valence-corrected chi connectivity index (χ3v) is 4.36. The Bertz CT molecular complexity index is 345. The molecule has 0 amide bonds. The van der Waals surface area contributed by atoms with E-state index in [1.165, 1.54) is 31.2 Å². The Morgan fingerprint density at radius 3 is 2.56 bits per heavy atom. The van der Waals surface area contributed by atoms with E-state index < -0.39 is 0 Å². The predicted molar refractivity (Wildman–Crippen MR) is 76.7 cm³/mol. The first-order chi connectivity index (χ1) is 8.74. The van der Waals surface area contributed by atoms with E-state index in [1.54, 1.807) is 0 Å². The van der Waals surface area contributed by atoms with Gasteiger partial charge in [0, 0.05) is 29.8 Å². The van der Waals surface area contributed by atoms with Gasteiger partial charge in [-0.15, -0.1) is 0 Å². The van der Waals surface area contributed by atoms with Gasteiger partial charge in [0.1, 0.15) is 0 Å². The fourth-order valence-electron chi connectivity index (χ4n) is 2.16. The van der Waals surface area contributed by atoms with Gasteiger partial charge in [-0.25, -0.2) is 9.97 Å². The molecule has 4 heteroatoms. The van der Waals surface area contributed by atoms with Crippen molar-refractivity contribution in [1.29, 1.82) is 0 Å². The van der Waals surface area contributed by atoms with Crippen molar-refractivity contribution in [2.45, 2.75) is 56.5 Å². The van der Waals surface area contributed by atoms with Crippen LogP contribution in [-0.4, -0.2) is 21.8 Å². The maximum Gasteiger partial charge on any atom is 0.187 e. The number of hydrogen-bond donors (Lipinski definition) is 1. The summed E-state index contributed by atoms with van der Waals surface area (Å²) in [5.74, 6) is 0.683. The normalized spacial score (nSPS) is 16.6. The average molecular weight is 265 g/mol. The zero-order valence-electron chi connectivity index (χ0n) is 11.4. The van der Waals surface area contributed by atoms with Crippen molar-refractivity contribution in [1.82, 2.24) is 15.3 Å². The second-order valence-corrected chi connectivity index (χ2v) is 6.69. The van der Waals surface area contributed by atoms with Crippen LogP contribution in [0.4, 0.5) is 0 Å². The molecule has 2 rings (SSSR count). The maximum absolute atomic E-state index is 4.45. The second-order valence-electron chi connectivity index (χ2n) is 5.42. The molecule has 0 saturated heterocycles. The summed E-state index contributed by atoms with van der Waals surface area (Å²) in [5.41, 5.74) is 1.17. The van der Waals surface area contributed by atoms with Gasteiger partial charge in [0.25, 0.3) is 0 Å². The van der Waals surface area contributed by atoms with Crippen molar-refractivity contribution in [3.63, 3.8) is 0 Å². The molecule has 1 aromatic heterocycles. The molecule has 1 aliphatic rings. The van der Waals surface area contributed by atoms with Crippen LogP contribution in [0.25, 0.3) is 0 Å². The number of aromatic nitrogens is 2. The first-order valence-corrected chi connectivity index (χ1v) is 7.80. The van der Waals surface area contributed by atoms with Crippen molar-refractivity contribution in [2.24, 2.45) is 5.92 Å². The van der Waals surface area contributed by atoms with E-state index in [0.717, 1.165) is 23.5 Å². The Labute approximate surface area is 114 Å². The van der Waals surface area contributed by atoms with E-state index in [2.05, 4.69) is 29.1 Å². The van der Waals surface area contributed by atoms with Gasteiger partial charge in [0.2, 0.25) is 0 Å². The molecule has 1 heterocycles. The van der Waals surface area contributed by atoms with Crippen LogP contribution in [0.5, 0.6) is 0 Å². The van der Waals surface area contributed by atoms with Crippen molar-refractivity contribution < 1.29 is 0 Å². The van der Waals surface area contributed by atoms with Gasteiger partial charge in [-0.2, -0.15) is 0 Å². The van der Waals surface area contributed by atoms with Gasteiger partial charge < -0.3 is 5.32 Å². The molecule has 1 fully saturated rings. The van der Waals surface area contributed by atoms with Crippen molar-refractivity contribution in [2.75, 3.05) is 6.54 Å². The third-order valence-electron chi connectivity index (χ3n) is 3.14. The quantitative estimate of drug-likeness (QED) is 0.801. The van der Waals surface area contributed by atoms with E-state index in [4.69, 9.17) is 0 Å². The lowest BCUT2D eigenvalue weighted by molar-refractivity contribution is 0.550. The lowest BCUT2D eigenvalue weighted by atomic mass is 10.2. The summed E-state index contributed by atoms with van der Waals surface area (Å²) < 4.78 is 0. The van der Waals surface area contributed by atoms with Crippen LogP contribution < -0.4 is 5.32 Å². The predicted octanol–water partition coefficient (Wildman–Crippen LogP) is 3.26. The monoisotopic (exact) mass is 265 g/mol. The molecule has 0 spiro atoms. The summed E-state index contributed by atoms with van der Waals surface area (Å²) in [5, 5.41) is 5.09. The van der Waals surface area contributed by atoms with Gasteiger partial charge in [0.05, 0.1) is 0 Å². The fourth-order valence-corrected chi connectivity index (χ4v) is 3.25. The number of nitrogens with one attached hydrogen (secondary N) is 1. The lowest BCUT2D eigenvalue weighted by Crippen LogP contribution is -2.19. The molecule has 1 aromatic rings. The van der Waals surface area contributed by atoms with E-state index in [1.807, 2.05) is 24.2 Å². The Morgan fingerprint density at radius 1 is 1.28 bits per heavy atom. The van der Waals surface area contributed by atoms with Gasteiger partial charge >= 0.3 is 0 Å². The molecule has 3 nitrogen and oxygen atoms in total. The number of hydrogen-bond acceptors (Lipinski definition) is 4. The van der Waals surface area contributed by atoms with Crippen LogP contribution in [0, 0.1) is 5.92 Å². The third kappa shape index (κ3) is 4.58. The molecular weight excluding hydrogens is 242 g/mol. The van der Waals surface area contributed by atoms with E-state index in [-0.39, 0.29) is 0 Å². The summed E-state index contributed by atoms with van der Waals surface area (Å²) in [4.78, 5) is 8.90. The van der Waals surface area contributed by atoms with Crippen LogP contribution in [0.3, 0.4) is 0 Å². The molecule has 0 aromatic carbocycles. The molecule has 0 atom stereocenters. The number of rotatable bonds is 6. The van der Waals surface area contributed by atoms with Gasteiger partial charge in [-0.05, 0) is 25.3 Å². The van der Waals surface area contributed by atoms with Gasteiger partial charge in [-0.3, -0.25) is 0 Å². The minimum Gasteiger partial charge on any atom is -0.312 e. The summed E-state index contributed by atoms with van der Waals surface area (Å²) in [6, 6.07) is 0. The van der Waals surface area contributed by atoms with E-state index >= 15 is 0 Å². The molecule has 0 bridgehead atoms. The average Bonchev–Trinajstić information content (AvgIpc) is 2.84. The zero-order valence-corrected chi connectivity index (χ0v) is 12.2. The first-order valence-electron chi connectivity index (χ1n) is 6.92. The molecule has 100 valence electrons. The standard InChI is InChI=1S/C14H23N3S/c1-11(2)7-15-8-12-9-16-14(17-10-12)18-13-5-3-4-6-13/h9-11,13,15H,3-8H2,1-2H3. The van der Waals surface area contributed by atoms with Gasteiger partial charge in [0.15, 0.2) is 5.16 Å². The minimum absolute atomic E-state index is 0.683. The highest BCUT2D eigenvalue weighted by Gasteiger charge is 2.17. The number of nitrogens with zero attached hydrogens (tertiary/aromatic N) is 2. The lowest BCUT2D eigenvalue weighted by Gasteiger charge is -2.09. The van der Waals surface area contributed by atoms with Crippen LogP contribution in [-0.2, 0) is 6.54 Å². The summed E-state index contributed by atoms with van der Waals surface area (Å²) in [6.07, 6.45) is 9.30. The molecular formula is C14H23N3S. The molecule has 1 aliphatic carbocycles. The Morgan fingerprint density at radius 2 is 1.94 bits per heavy atom. The molecule has 1 N–H and O–H groups in total. The van der Waals surface area contributed by atoms with Crippen LogP contribution in [0.1, 0.15) is 45.1 Å². The zero-order chi connectivity index (χ0) is 12.8. The van der Waals surface area contributed by atoms with E-state index in [9.17, 15) is 0 Å². The van der Waals surface area contributed by atoms with Crippen LogP contribution in [0.15, 0.2) is 17.6 Å². The first kappa shape index (κ1) is 13.8. The maximum atomic E-state index is 4.45. The highest BCUT2D eigenvalue weighted by molar-refractivity contribution is 7.99. The summed E-state index contributed by atoms with van der Waals surface area (Å²) in [6.45, 7) is 6.33. The SMILES string of the molecule is CC(C)CNCc1cnc(SC2CCCC2)nc1. The smallest absolute Gasteiger partial charge is 0.187 e. The Hall–Kier alpha value is -0.610. The minimum atomic E-state index is 0.683. The van der Waals surface area contributed by atoms with Crippen molar-refractivity contribution in [3.05, 3.63) is 18.0 Å². The molecule has 1 saturated carbocycles. The van der Waals surface area contributed by atoms with Crippen molar-refractivity contribution >= 4 is 11.8 Å². The Balaban J connectivity index is 1.77. The fraction of sp³-hybridized carbons (Fsp3) is 0.714. The van der Waals surface area contributed by atoms with Crippen LogP contribution >= 0.6 is 11.8 Å². The Kier molecular flexibility index (Phi) is 5.45. The van der Waals surface area contributed by atoms with Gasteiger partial charge in [-0.1, -0.05) is 38.5 Å². The summed E-state index contributed by atoms with van der Waals surface area (Å²) in [7, 11) is 0. The molecule has 0 unspecified atom stereocenters. The highest BCUT2D eigenvalue weighted by Crippen LogP contribution is 2.32. The second kappa shape index (κ2) is 7.10. The molecule has 18 heavy (non-hydrogen) atoms. The summed E-state index contributed by atoms with van der Waals surface area (Å²) >= 11 is 1.85. The molecule has 0 radical (unpaired) electrons. The van der Waals surface area contributed by atoms with Crippen LogP contribution in [0.2, 0.25) is 0 Å². The van der Waals surface area contributed by atoms with E-state index in [0.29, 0.717) is 5.92 Å². The van der Waals surface area contributed by atoms with Crippen molar-refractivity contribution in [3.8, 4) is 0 Å². The topological polar surface area (TPSA) is 37.8 Å².